The summed E-state index contributed by atoms with van der Waals surface area (Å²) in [6.45, 7) is 7.71. The zero-order valence-corrected chi connectivity index (χ0v) is 14.0. The number of ether oxygens (including phenoxy) is 2. The number of carbonyl (C=O) groups excluding carboxylic acids is 1. The van der Waals surface area contributed by atoms with E-state index in [1.807, 2.05) is 27.7 Å². The molecule has 0 saturated carbocycles. The largest absolute Gasteiger partial charge is 0.465 e. The Kier molecular flexibility index (Phi) is 5.75. The number of hydrogen-bond acceptors (Lipinski definition) is 5. The van der Waals surface area contributed by atoms with Crippen molar-refractivity contribution < 1.29 is 18.9 Å². The molecule has 118 valence electrons. The first-order chi connectivity index (χ1) is 10.2. The molecule has 0 aromatic heterocycles. The number of carbonyl (C=O) groups is 1. The molecule has 0 saturated heterocycles. The lowest BCUT2D eigenvalue weighted by Gasteiger charge is -2.40. The van der Waals surface area contributed by atoms with Gasteiger partial charge < -0.3 is 14.1 Å². The molecule has 0 radical (unpaired) electrons. The molecule has 0 fully saturated rings. The number of nitrogens with zero attached hydrogens (tertiary/aromatic N) is 1. The van der Waals surface area contributed by atoms with Gasteiger partial charge in [-0.25, -0.2) is 4.79 Å². The van der Waals surface area contributed by atoms with Crippen molar-refractivity contribution in [3.63, 3.8) is 0 Å². The van der Waals surface area contributed by atoms with E-state index in [0.29, 0.717) is 16.6 Å². The van der Waals surface area contributed by atoms with Crippen LogP contribution < -0.4 is 5.46 Å². The summed E-state index contributed by atoms with van der Waals surface area (Å²) in [5.74, 6) is -0.442. The molecule has 6 heteroatoms. The lowest BCUT2D eigenvalue weighted by atomic mass is 9.79. The second-order valence-electron chi connectivity index (χ2n) is 5.99. The van der Waals surface area contributed by atoms with Gasteiger partial charge >= 0.3 is 13.5 Å². The van der Waals surface area contributed by atoms with Gasteiger partial charge in [0.2, 0.25) is 0 Å². The molecular weight excluding hydrogens is 281 g/mol. The van der Waals surface area contributed by atoms with Crippen LogP contribution in [0.25, 0.3) is 0 Å². The van der Waals surface area contributed by atoms with Crippen molar-refractivity contribution in [3.8, 4) is 6.07 Å². The molecule has 1 aromatic carbocycles. The van der Waals surface area contributed by atoms with Crippen molar-refractivity contribution in [2.45, 2.75) is 38.9 Å². The maximum Gasteiger partial charge on any atom is 0.337 e. The van der Waals surface area contributed by atoms with Gasteiger partial charge in [0.15, 0.2) is 0 Å². The first kappa shape index (κ1) is 18.2. The Balaban J connectivity index is 3.02. The molecule has 0 heterocycles. The van der Waals surface area contributed by atoms with Crippen molar-refractivity contribution in [1.29, 1.82) is 5.26 Å². The average molecular weight is 303 g/mol. The molecular formula is C16H22BNO4. The van der Waals surface area contributed by atoms with Gasteiger partial charge in [0.25, 0.3) is 0 Å². The molecule has 0 aliphatic carbocycles. The van der Waals surface area contributed by atoms with Crippen LogP contribution in [0.1, 0.15) is 43.6 Å². The normalized spacial score (nSPS) is 11.7. The fourth-order valence-corrected chi connectivity index (χ4v) is 1.74. The summed E-state index contributed by atoms with van der Waals surface area (Å²) in [5.41, 5.74) is 0.433. The minimum atomic E-state index is -0.574. The van der Waals surface area contributed by atoms with Crippen LogP contribution in [-0.4, -0.2) is 38.9 Å². The maximum atomic E-state index is 11.6. The Bertz CT molecular complexity index is 590. The fourth-order valence-electron chi connectivity index (χ4n) is 1.74. The summed E-state index contributed by atoms with van der Waals surface area (Å²) >= 11 is 0. The van der Waals surface area contributed by atoms with Crippen LogP contribution in [0.4, 0.5) is 0 Å². The number of methoxy groups -OCH3 is 2. The quantitative estimate of drug-likeness (QED) is 0.589. The molecule has 0 spiro atoms. The van der Waals surface area contributed by atoms with Crippen LogP contribution in [-0.2, 0) is 14.1 Å². The molecule has 0 N–H and O–H groups in total. The number of nitriles is 1. The highest BCUT2D eigenvalue weighted by molar-refractivity contribution is 6.48. The van der Waals surface area contributed by atoms with E-state index in [0.717, 1.165) is 0 Å². The lowest BCUT2D eigenvalue weighted by Crippen LogP contribution is -2.50. The number of hydrogen-bond donors (Lipinski definition) is 0. The highest BCUT2D eigenvalue weighted by Gasteiger charge is 2.38. The van der Waals surface area contributed by atoms with Gasteiger partial charge in [-0.2, -0.15) is 5.26 Å². The van der Waals surface area contributed by atoms with Crippen molar-refractivity contribution >= 4 is 18.9 Å². The lowest BCUT2D eigenvalue weighted by molar-refractivity contribution is -0.114. The van der Waals surface area contributed by atoms with Gasteiger partial charge in [0, 0.05) is 12.7 Å². The monoisotopic (exact) mass is 303 g/mol. The predicted octanol–water partition coefficient (Wildman–Crippen LogP) is 1.54. The summed E-state index contributed by atoms with van der Waals surface area (Å²) in [5, 5.41) is 9.19. The SMILES string of the molecule is COC(=O)c1ccc(C#N)c(BOC(C)(C)C(C)(C)OC)c1. The minimum Gasteiger partial charge on any atom is -0.465 e. The van der Waals surface area contributed by atoms with Crippen LogP contribution in [0.3, 0.4) is 0 Å². The van der Waals surface area contributed by atoms with Gasteiger partial charge in [-0.15, -0.1) is 0 Å². The Hall–Kier alpha value is -1.84. The number of esters is 1. The second kappa shape index (κ2) is 6.95. The van der Waals surface area contributed by atoms with E-state index in [2.05, 4.69) is 6.07 Å². The topological polar surface area (TPSA) is 68.6 Å². The Morgan fingerprint density at radius 3 is 2.32 bits per heavy atom. The Morgan fingerprint density at radius 2 is 1.82 bits per heavy atom. The molecule has 0 bridgehead atoms. The molecule has 0 amide bonds. The van der Waals surface area contributed by atoms with Gasteiger partial charge in [-0.05, 0) is 51.4 Å². The molecule has 0 unspecified atom stereocenters. The zero-order chi connectivity index (χ0) is 17.0. The molecule has 22 heavy (non-hydrogen) atoms. The standard InChI is InChI=1S/C16H22BNO4/c1-15(2,21-6)16(3,4)22-17-13-9-11(14(19)20-5)7-8-12(13)10-18/h7-9,17H,1-6H3. The first-order valence-electron chi connectivity index (χ1n) is 6.99. The zero-order valence-electron chi connectivity index (χ0n) is 14.0. The van der Waals surface area contributed by atoms with Crippen LogP contribution >= 0.6 is 0 Å². The van der Waals surface area contributed by atoms with E-state index < -0.39 is 17.2 Å². The summed E-state index contributed by atoms with van der Waals surface area (Å²) in [6.07, 6.45) is 0. The van der Waals surface area contributed by atoms with Crippen molar-refractivity contribution in [2.24, 2.45) is 0 Å². The van der Waals surface area contributed by atoms with E-state index in [9.17, 15) is 10.1 Å². The van der Waals surface area contributed by atoms with Crippen molar-refractivity contribution in [3.05, 3.63) is 29.3 Å². The van der Waals surface area contributed by atoms with E-state index in [1.54, 1.807) is 25.3 Å². The third kappa shape index (κ3) is 3.87. The summed E-state index contributed by atoms with van der Waals surface area (Å²) in [7, 11) is 3.15. The summed E-state index contributed by atoms with van der Waals surface area (Å²) < 4.78 is 16.1. The third-order valence-electron chi connectivity index (χ3n) is 4.20. The Labute approximate surface area is 132 Å². The van der Waals surface area contributed by atoms with Gasteiger partial charge in [0.1, 0.15) is 0 Å². The molecule has 0 aliphatic rings. The maximum absolute atomic E-state index is 11.6. The Morgan fingerprint density at radius 1 is 1.18 bits per heavy atom. The number of benzene rings is 1. The third-order valence-corrected chi connectivity index (χ3v) is 4.20. The summed E-state index contributed by atoms with van der Waals surface area (Å²) in [4.78, 5) is 11.6. The highest BCUT2D eigenvalue weighted by Crippen LogP contribution is 2.27. The smallest absolute Gasteiger partial charge is 0.337 e. The van der Waals surface area contributed by atoms with Gasteiger partial charge in [-0.3, -0.25) is 0 Å². The molecule has 0 aliphatic heterocycles. The van der Waals surface area contributed by atoms with E-state index in [4.69, 9.17) is 14.1 Å². The highest BCUT2D eigenvalue weighted by atomic mass is 16.5. The molecule has 1 aromatic rings. The molecule has 5 nitrogen and oxygen atoms in total. The van der Waals surface area contributed by atoms with E-state index >= 15 is 0 Å². The number of rotatable bonds is 6. The molecule has 0 atom stereocenters. The first-order valence-corrected chi connectivity index (χ1v) is 6.99. The van der Waals surface area contributed by atoms with E-state index in [-0.39, 0.29) is 7.48 Å². The van der Waals surface area contributed by atoms with Gasteiger partial charge in [-0.1, -0.05) is 0 Å². The van der Waals surface area contributed by atoms with Crippen molar-refractivity contribution in [2.75, 3.05) is 14.2 Å². The minimum absolute atomic E-state index is 0.202. The van der Waals surface area contributed by atoms with Crippen molar-refractivity contribution in [1.82, 2.24) is 0 Å². The van der Waals surface area contributed by atoms with Crippen LogP contribution in [0.2, 0.25) is 0 Å². The molecule has 1 rings (SSSR count). The second-order valence-corrected chi connectivity index (χ2v) is 5.99. The van der Waals surface area contributed by atoms with E-state index in [1.165, 1.54) is 7.11 Å². The summed E-state index contributed by atoms with van der Waals surface area (Å²) in [6, 6.07) is 6.89. The predicted molar refractivity (Wildman–Crippen MR) is 85.5 cm³/mol. The average Bonchev–Trinajstić information content (AvgIpc) is 2.51. The fraction of sp³-hybridized carbons (Fsp3) is 0.500. The van der Waals surface area contributed by atoms with Gasteiger partial charge in [0.05, 0.1) is 29.9 Å². The van der Waals surface area contributed by atoms with Crippen LogP contribution in [0, 0.1) is 11.3 Å². The van der Waals surface area contributed by atoms with Crippen LogP contribution in [0.15, 0.2) is 18.2 Å². The van der Waals surface area contributed by atoms with Crippen LogP contribution in [0.5, 0.6) is 0 Å².